The summed E-state index contributed by atoms with van der Waals surface area (Å²) >= 11 is 0. The van der Waals surface area contributed by atoms with Gasteiger partial charge in [0.15, 0.2) is 0 Å². The van der Waals surface area contributed by atoms with Gasteiger partial charge in [-0.05, 0) is 48.9 Å². The number of methoxy groups -OCH3 is 1. The Kier molecular flexibility index (Phi) is 9.26. The molecule has 1 aliphatic rings. The molecule has 1 unspecified atom stereocenters. The Hall–Kier alpha value is -3.61. The van der Waals surface area contributed by atoms with E-state index in [-0.39, 0.29) is 31.9 Å². The lowest BCUT2D eigenvalue weighted by atomic mass is 9.82. The van der Waals surface area contributed by atoms with Crippen LogP contribution in [0.1, 0.15) is 39.9 Å². The second-order valence-electron chi connectivity index (χ2n) is 9.20. The number of ether oxygens (including phenoxy) is 1. The predicted molar refractivity (Wildman–Crippen MR) is 126 cm³/mol. The molecule has 212 valence electrons. The molecule has 0 saturated carbocycles. The number of hydrogen-bond donors (Lipinski definition) is 2. The first kappa shape index (κ1) is 29.9. The van der Waals surface area contributed by atoms with Gasteiger partial charge >= 0.3 is 24.3 Å². The third kappa shape index (κ3) is 7.71. The van der Waals surface area contributed by atoms with Gasteiger partial charge in [-0.25, -0.2) is 0 Å². The molecule has 0 spiro atoms. The minimum Gasteiger partial charge on any atom is -0.480 e. The van der Waals surface area contributed by atoms with Crippen molar-refractivity contribution in [2.45, 2.75) is 43.7 Å². The Balaban J connectivity index is 1.98. The molecule has 3 atom stereocenters. The van der Waals surface area contributed by atoms with Crippen LogP contribution in [0.15, 0.2) is 48.5 Å². The zero-order chi connectivity index (χ0) is 29.0. The number of piperidine rings is 1. The minimum absolute atomic E-state index is 0.0421. The lowest BCUT2D eigenvalue weighted by Gasteiger charge is -2.42. The second-order valence-corrected chi connectivity index (χ2v) is 9.20. The fourth-order valence-corrected chi connectivity index (χ4v) is 4.74. The predicted octanol–water partition coefficient (Wildman–Crippen LogP) is 4.40. The maximum Gasteiger partial charge on any atom is 0.416 e. The van der Waals surface area contributed by atoms with Gasteiger partial charge in [0.25, 0.3) is 5.91 Å². The molecule has 39 heavy (non-hydrogen) atoms. The van der Waals surface area contributed by atoms with Crippen LogP contribution in [0.4, 0.5) is 26.3 Å². The highest BCUT2D eigenvalue weighted by Crippen LogP contribution is 2.37. The van der Waals surface area contributed by atoms with Crippen molar-refractivity contribution in [3.63, 3.8) is 0 Å². The largest absolute Gasteiger partial charge is 0.480 e. The van der Waals surface area contributed by atoms with Crippen molar-refractivity contribution in [2.24, 2.45) is 5.92 Å². The molecule has 0 aliphatic carbocycles. The highest BCUT2D eigenvalue weighted by atomic mass is 19.4. The lowest BCUT2D eigenvalue weighted by molar-refractivity contribution is -0.146. The van der Waals surface area contributed by atoms with Crippen LogP contribution in [0, 0.1) is 5.92 Å². The van der Waals surface area contributed by atoms with E-state index in [4.69, 9.17) is 9.84 Å². The fraction of sp³-hybridized carbons (Fsp3) is 0.423. The summed E-state index contributed by atoms with van der Waals surface area (Å²) in [5, 5.41) is 11.7. The first-order valence-corrected chi connectivity index (χ1v) is 11.9. The summed E-state index contributed by atoms with van der Waals surface area (Å²) in [6, 6.07) is 7.70. The average Bonchev–Trinajstić information content (AvgIpc) is 2.87. The molecule has 2 aromatic rings. The van der Waals surface area contributed by atoms with E-state index in [9.17, 15) is 40.7 Å². The van der Waals surface area contributed by atoms with Crippen LogP contribution in [-0.4, -0.2) is 60.1 Å². The summed E-state index contributed by atoms with van der Waals surface area (Å²) in [6.07, 6.45) is -9.81. The molecule has 13 heteroatoms. The zero-order valence-corrected chi connectivity index (χ0v) is 20.7. The van der Waals surface area contributed by atoms with E-state index in [2.05, 4.69) is 5.32 Å². The summed E-state index contributed by atoms with van der Waals surface area (Å²) in [5.41, 5.74) is -3.21. The summed E-state index contributed by atoms with van der Waals surface area (Å²) in [4.78, 5) is 38.1. The SMILES string of the molecule is COC(=O)C(NCC(=O)O)[C@H]1CCN(C(=O)c2cc(C(F)(F)F)cc(C(F)(F)F)c2)[C@@H](Cc2ccccc2)C1. The Morgan fingerprint density at radius 2 is 1.62 bits per heavy atom. The van der Waals surface area contributed by atoms with Crippen LogP contribution < -0.4 is 5.32 Å². The van der Waals surface area contributed by atoms with Crippen molar-refractivity contribution in [1.29, 1.82) is 0 Å². The molecule has 1 saturated heterocycles. The number of halogens is 6. The van der Waals surface area contributed by atoms with Gasteiger partial charge in [-0.1, -0.05) is 30.3 Å². The highest BCUT2D eigenvalue weighted by Gasteiger charge is 2.41. The fourth-order valence-electron chi connectivity index (χ4n) is 4.74. The third-order valence-electron chi connectivity index (χ3n) is 6.57. The van der Waals surface area contributed by atoms with Gasteiger partial charge in [0.2, 0.25) is 0 Å². The van der Waals surface area contributed by atoms with E-state index in [0.29, 0.717) is 12.1 Å². The molecule has 0 aromatic heterocycles. The molecule has 1 amide bonds. The molecule has 7 nitrogen and oxygen atoms in total. The number of aliphatic carboxylic acids is 1. The second kappa shape index (κ2) is 12.1. The number of hydrogen-bond acceptors (Lipinski definition) is 5. The molecule has 2 N–H and O–H groups in total. The summed E-state index contributed by atoms with van der Waals surface area (Å²) in [5.74, 6) is -3.49. The molecule has 0 bridgehead atoms. The van der Waals surface area contributed by atoms with Crippen molar-refractivity contribution >= 4 is 17.8 Å². The number of amides is 1. The maximum atomic E-state index is 13.4. The minimum atomic E-state index is -5.11. The van der Waals surface area contributed by atoms with Crippen LogP contribution in [0.2, 0.25) is 0 Å². The number of alkyl halides is 6. The average molecular weight is 560 g/mol. The standard InChI is InChI=1S/C26H26F6N2O5/c1-39-24(38)22(33-14-21(35)36)16-7-8-34(20(12-16)9-15-5-3-2-4-6-15)23(37)17-10-18(25(27,28)29)13-19(11-17)26(30,31)32/h2-6,10-11,13,16,20,22,33H,7-9,12,14H2,1H3,(H,35,36)/t16-,20-,22?/m0/s1. The molecule has 0 radical (unpaired) electrons. The van der Waals surface area contributed by atoms with Crippen LogP contribution >= 0.6 is 0 Å². The van der Waals surface area contributed by atoms with Crippen LogP contribution in [0.25, 0.3) is 0 Å². The Bertz CT molecular complexity index is 1150. The topological polar surface area (TPSA) is 95.9 Å². The maximum absolute atomic E-state index is 13.4. The molecular formula is C26H26F6N2O5. The van der Waals surface area contributed by atoms with E-state index >= 15 is 0 Å². The van der Waals surface area contributed by atoms with E-state index < -0.39 is 71.4 Å². The van der Waals surface area contributed by atoms with Gasteiger partial charge < -0.3 is 14.7 Å². The Morgan fingerprint density at radius 3 is 2.13 bits per heavy atom. The van der Waals surface area contributed by atoms with Gasteiger partial charge in [0.05, 0.1) is 24.8 Å². The molecule has 3 rings (SSSR count). The first-order chi connectivity index (χ1) is 18.2. The van der Waals surface area contributed by atoms with E-state index in [0.717, 1.165) is 12.7 Å². The summed E-state index contributed by atoms with van der Waals surface area (Å²) in [6.45, 7) is -0.645. The molecule has 2 aromatic carbocycles. The molecular weight excluding hydrogens is 534 g/mol. The Labute approximate surface area is 219 Å². The van der Waals surface area contributed by atoms with Crippen molar-refractivity contribution in [3.05, 3.63) is 70.8 Å². The van der Waals surface area contributed by atoms with Gasteiger partial charge in [-0.3, -0.25) is 19.7 Å². The number of carbonyl (C=O) groups is 3. The molecule has 1 heterocycles. The highest BCUT2D eigenvalue weighted by molar-refractivity contribution is 5.95. The monoisotopic (exact) mass is 560 g/mol. The van der Waals surface area contributed by atoms with Crippen LogP contribution in [0.5, 0.6) is 0 Å². The van der Waals surface area contributed by atoms with Crippen LogP contribution in [-0.2, 0) is 33.1 Å². The molecule has 1 fully saturated rings. The first-order valence-electron chi connectivity index (χ1n) is 11.9. The number of likely N-dealkylation sites (tertiary alicyclic amines) is 1. The van der Waals surface area contributed by atoms with E-state index in [1.165, 1.54) is 4.90 Å². The molecule has 1 aliphatic heterocycles. The van der Waals surface area contributed by atoms with Crippen molar-refractivity contribution in [1.82, 2.24) is 10.2 Å². The number of carboxylic acid groups (broad SMARTS) is 1. The van der Waals surface area contributed by atoms with Crippen molar-refractivity contribution in [3.8, 4) is 0 Å². The van der Waals surface area contributed by atoms with Gasteiger partial charge in [0.1, 0.15) is 6.04 Å². The van der Waals surface area contributed by atoms with Crippen molar-refractivity contribution < 1.29 is 50.6 Å². The van der Waals surface area contributed by atoms with Crippen LogP contribution in [0.3, 0.4) is 0 Å². The number of carboxylic acids is 1. The number of carbonyl (C=O) groups excluding carboxylic acids is 2. The zero-order valence-electron chi connectivity index (χ0n) is 20.7. The normalized spacial score (nSPS) is 18.9. The van der Waals surface area contributed by atoms with Gasteiger partial charge in [0, 0.05) is 18.2 Å². The Morgan fingerprint density at radius 1 is 1.03 bits per heavy atom. The van der Waals surface area contributed by atoms with Crippen molar-refractivity contribution in [2.75, 3.05) is 20.2 Å². The number of nitrogens with one attached hydrogen (secondary N) is 1. The number of rotatable bonds is 8. The number of nitrogens with zero attached hydrogens (tertiary/aromatic N) is 1. The smallest absolute Gasteiger partial charge is 0.416 e. The number of esters is 1. The quantitative estimate of drug-likeness (QED) is 0.367. The van der Waals surface area contributed by atoms with E-state index in [1.54, 1.807) is 30.3 Å². The summed E-state index contributed by atoms with van der Waals surface area (Å²) < 4.78 is 85.2. The van der Waals surface area contributed by atoms with E-state index in [1.807, 2.05) is 0 Å². The lowest BCUT2D eigenvalue weighted by Crippen LogP contribution is -2.54. The third-order valence-corrected chi connectivity index (χ3v) is 6.57. The number of benzene rings is 2. The van der Waals surface area contributed by atoms with Gasteiger partial charge in [-0.15, -0.1) is 0 Å². The summed E-state index contributed by atoms with van der Waals surface area (Å²) in [7, 11) is 1.13. The van der Waals surface area contributed by atoms with Gasteiger partial charge in [-0.2, -0.15) is 26.3 Å².